The Bertz CT molecular complexity index is 526. The van der Waals surface area contributed by atoms with Crippen molar-refractivity contribution in [3.8, 4) is 0 Å². The van der Waals surface area contributed by atoms with Crippen LogP contribution in [0.25, 0.3) is 0 Å². The van der Waals surface area contributed by atoms with Crippen molar-refractivity contribution in [2.24, 2.45) is 12.0 Å². The first kappa shape index (κ1) is 18.8. The largest absolute Gasteiger partial charge is 0.357 e. The lowest BCUT2D eigenvalue weighted by Crippen LogP contribution is -2.41. The van der Waals surface area contributed by atoms with Gasteiger partial charge in [-0.15, -0.1) is 0 Å². The molecule has 24 heavy (non-hydrogen) atoms. The molecule has 1 aromatic heterocycles. The number of rotatable bonds is 6. The highest BCUT2D eigenvalue weighted by Crippen LogP contribution is 2.12. The minimum atomic E-state index is 0.671. The van der Waals surface area contributed by atoms with Crippen LogP contribution in [0.1, 0.15) is 49.6 Å². The van der Waals surface area contributed by atoms with Gasteiger partial charge in [0.2, 0.25) is 0 Å². The lowest BCUT2D eigenvalue weighted by atomic mass is 10.2. The van der Waals surface area contributed by atoms with Gasteiger partial charge in [-0.05, 0) is 46.7 Å². The molecule has 0 aliphatic carbocycles. The number of nitrogens with one attached hydrogen (secondary N) is 2. The summed E-state index contributed by atoms with van der Waals surface area (Å²) in [4.78, 5) is 7.31. The molecule has 0 spiro atoms. The Hall–Kier alpha value is -1.56. The van der Waals surface area contributed by atoms with Crippen molar-refractivity contribution in [3.63, 3.8) is 0 Å². The predicted octanol–water partition coefficient (Wildman–Crippen LogP) is 1.97. The summed E-state index contributed by atoms with van der Waals surface area (Å²) >= 11 is 0. The van der Waals surface area contributed by atoms with E-state index in [1.807, 2.05) is 11.7 Å². The summed E-state index contributed by atoms with van der Waals surface area (Å²) in [5, 5.41) is 11.3. The molecule has 1 aliphatic rings. The molecule has 2 N–H and O–H groups in total. The fourth-order valence-corrected chi connectivity index (χ4v) is 3.24. The predicted molar refractivity (Wildman–Crippen MR) is 100 cm³/mol. The molecule has 0 saturated carbocycles. The van der Waals surface area contributed by atoms with Gasteiger partial charge in [-0.2, -0.15) is 5.10 Å². The summed E-state index contributed by atoms with van der Waals surface area (Å²) in [5.74, 6) is 0.898. The molecule has 2 rings (SSSR count). The van der Waals surface area contributed by atoms with Crippen LogP contribution in [0.3, 0.4) is 0 Å². The summed E-state index contributed by atoms with van der Waals surface area (Å²) in [6, 6.07) is 0. The van der Waals surface area contributed by atoms with Crippen LogP contribution in [0, 0.1) is 13.8 Å². The zero-order chi connectivity index (χ0) is 17.4. The van der Waals surface area contributed by atoms with Crippen molar-refractivity contribution in [3.05, 3.63) is 17.0 Å². The van der Waals surface area contributed by atoms with Crippen LogP contribution >= 0.6 is 0 Å². The van der Waals surface area contributed by atoms with E-state index in [-0.39, 0.29) is 0 Å². The van der Waals surface area contributed by atoms with Gasteiger partial charge < -0.3 is 15.5 Å². The Morgan fingerprint density at radius 1 is 1.12 bits per heavy atom. The zero-order valence-electron chi connectivity index (χ0n) is 15.9. The summed E-state index contributed by atoms with van der Waals surface area (Å²) in [6.45, 7) is 12.3. The molecule has 136 valence electrons. The molecule has 1 aromatic rings. The molecule has 0 amide bonds. The highest BCUT2D eigenvalue weighted by atomic mass is 15.3. The van der Waals surface area contributed by atoms with Crippen molar-refractivity contribution < 1.29 is 0 Å². The average Bonchev–Trinajstić information content (AvgIpc) is 2.76. The van der Waals surface area contributed by atoms with E-state index in [0.717, 1.165) is 31.3 Å². The molecular weight excluding hydrogens is 300 g/mol. The minimum absolute atomic E-state index is 0.671. The van der Waals surface area contributed by atoms with Crippen molar-refractivity contribution >= 4 is 5.96 Å². The SMILES string of the molecule is CCNC(=NCc1c(C)nn(C)c1C)NCCN1CCCCCC1. The third-order valence-corrected chi connectivity index (χ3v) is 4.82. The average molecular weight is 335 g/mol. The molecule has 1 saturated heterocycles. The maximum atomic E-state index is 4.74. The van der Waals surface area contributed by atoms with Crippen molar-refractivity contribution in [1.82, 2.24) is 25.3 Å². The van der Waals surface area contributed by atoms with Crippen molar-refractivity contribution in [2.45, 2.75) is 53.0 Å². The van der Waals surface area contributed by atoms with Crippen LogP contribution in [0.4, 0.5) is 0 Å². The Kier molecular flexibility index (Phi) is 7.56. The monoisotopic (exact) mass is 334 g/mol. The van der Waals surface area contributed by atoms with E-state index < -0.39 is 0 Å². The normalized spacial score (nSPS) is 16.9. The van der Waals surface area contributed by atoms with Gasteiger partial charge in [-0.3, -0.25) is 4.68 Å². The van der Waals surface area contributed by atoms with Crippen LogP contribution in [-0.4, -0.2) is 53.4 Å². The standard InChI is InChI=1S/C18H34N6/c1-5-19-18(20-10-13-24-11-8-6-7-9-12-24)21-14-17-15(2)22-23(4)16(17)3/h5-14H2,1-4H3,(H2,19,20,21). The molecule has 1 aliphatic heterocycles. The van der Waals surface area contributed by atoms with Crippen LogP contribution in [0.15, 0.2) is 4.99 Å². The molecule has 6 heteroatoms. The van der Waals surface area contributed by atoms with Gasteiger partial charge in [0, 0.05) is 37.9 Å². The van der Waals surface area contributed by atoms with Crippen LogP contribution in [-0.2, 0) is 13.6 Å². The molecule has 0 unspecified atom stereocenters. The molecule has 0 radical (unpaired) electrons. The summed E-state index contributed by atoms with van der Waals surface area (Å²) in [6.07, 6.45) is 5.46. The van der Waals surface area contributed by atoms with E-state index in [2.05, 4.69) is 41.4 Å². The first-order chi connectivity index (χ1) is 11.6. The number of nitrogens with zero attached hydrogens (tertiary/aromatic N) is 4. The van der Waals surface area contributed by atoms with Gasteiger partial charge in [0.25, 0.3) is 0 Å². The highest BCUT2D eigenvalue weighted by molar-refractivity contribution is 5.79. The maximum absolute atomic E-state index is 4.74. The van der Waals surface area contributed by atoms with E-state index in [1.165, 1.54) is 50.0 Å². The fourth-order valence-electron chi connectivity index (χ4n) is 3.24. The topological polar surface area (TPSA) is 57.5 Å². The highest BCUT2D eigenvalue weighted by Gasteiger charge is 2.10. The molecule has 0 atom stereocenters. The lowest BCUT2D eigenvalue weighted by molar-refractivity contribution is 0.289. The molecular formula is C18H34N6. The van der Waals surface area contributed by atoms with Crippen LogP contribution < -0.4 is 10.6 Å². The Balaban J connectivity index is 1.86. The summed E-state index contributed by atoms with van der Waals surface area (Å²) in [7, 11) is 1.99. The molecule has 6 nitrogen and oxygen atoms in total. The zero-order valence-corrected chi connectivity index (χ0v) is 15.9. The molecule has 2 heterocycles. The lowest BCUT2D eigenvalue weighted by Gasteiger charge is -2.20. The van der Waals surface area contributed by atoms with Gasteiger partial charge in [0.1, 0.15) is 0 Å². The number of guanidine groups is 1. The second-order valence-electron chi connectivity index (χ2n) is 6.65. The fraction of sp³-hybridized carbons (Fsp3) is 0.778. The minimum Gasteiger partial charge on any atom is -0.357 e. The van der Waals surface area contributed by atoms with E-state index in [0.29, 0.717) is 6.54 Å². The number of aliphatic imine (C=N–C) groups is 1. The Morgan fingerprint density at radius 2 is 1.83 bits per heavy atom. The Morgan fingerprint density at radius 3 is 2.42 bits per heavy atom. The summed E-state index contributed by atoms with van der Waals surface area (Å²) in [5.41, 5.74) is 3.48. The maximum Gasteiger partial charge on any atom is 0.191 e. The van der Waals surface area contributed by atoms with E-state index in [1.54, 1.807) is 0 Å². The van der Waals surface area contributed by atoms with E-state index in [4.69, 9.17) is 4.99 Å². The molecule has 0 aromatic carbocycles. The molecule has 1 fully saturated rings. The van der Waals surface area contributed by atoms with Gasteiger partial charge in [-0.1, -0.05) is 12.8 Å². The number of aryl methyl sites for hydroxylation is 2. The third kappa shape index (κ3) is 5.51. The van der Waals surface area contributed by atoms with Crippen LogP contribution in [0.2, 0.25) is 0 Å². The van der Waals surface area contributed by atoms with E-state index in [9.17, 15) is 0 Å². The first-order valence-corrected chi connectivity index (χ1v) is 9.35. The summed E-state index contributed by atoms with van der Waals surface area (Å²) < 4.78 is 1.93. The number of aromatic nitrogens is 2. The number of hydrogen-bond donors (Lipinski definition) is 2. The first-order valence-electron chi connectivity index (χ1n) is 9.35. The quantitative estimate of drug-likeness (QED) is 0.617. The van der Waals surface area contributed by atoms with Gasteiger partial charge in [-0.25, -0.2) is 4.99 Å². The third-order valence-electron chi connectivity index (χ3n) is 4.82. The van der Waals surface area contributed by atoms with E-state index >= 15 is 0 Å². The second-order valence-corrected chi connectivity index (χ2v) is 6.65. The smallest absolute Gasteiger partial charge is 0.191 e. The van der Waals surface area contributed by atoms with Gasteiger partial charge >= 0.3 is 0 Å². The van der Waals surface area contributed by atoms with Gasteiger partial charge in [0.05, 0.1) is 12.2 Å². The van der Waals surface area contributed by atoms with Crippen LogP contribution in [0.5, 0.6) is 0 Å². The van der Waals surface area contributed by atoms with Gasteiger partial charge in [0.15, 0.2) is 5.96 Å². The van der Waals surface area contributed by atoms with Crippen molar-refractivity contribution in [1.29, 1.82) is 0 Å². The number of hydrogen-bond acceptors (Lipinski definition) is 3. The Labute approximate surface area is 146 Å². The number of likely N-dealkylation sites (tertiary alicyclic amines) is 1. The van der Waals surface area contributed by atoms with Crippen molar-refractivity contribution in [2.75, 3.05) is 32.7 Å². The molecule has 0 bridgehead atoms. The second kappa shape index (κ2) is 9.67.